The SMILES string of the molecule is Cn1cc(NC(=O)NCC2CCCO2)c2ccccc2c1=O. The normalized spacial score (nSPS) is 17.6. The summed E-state index contributed by atoms with van der Waals surface area (Å²) in [6.07, 6.45) is 3.75. The van der Waals surface area contributed by atoms with E-state index in [-0.39, 0.29) is 17.7 Å². The van der Waals surface area contributed by atoms with Gasteiger partial charge in [-0.1, -0.05) is 18.2 Å². The number of amides is 2. The van der Waals surface area contributed by atoms with Gasteiger partial charge in [0.15, 0.2) is 0 Å². The Hall–Kier alpha value is -2.34. The van der Waals surface area contributed by atoms with Crippen LogP contribution in [0.25, 0.3) is 10.8 Å². The Balaban J connectivity index is 1.77. The van der Waals surface area contributed by atoms with Crippen molar-refractivity contribution < 1.29 is 9.53 Å². The number of aryl methyl sites for hydroxylation is 1. The molecule has 2 amide bonds. The van der Waals surface area contributed by atoms with Crippen molar-refractivity contribution in [2.45, 2.75) is 18.9 Å². The van der Waals surface area contributed by atoms with Crippen LogP contribution in [0, 0.1) is 0 Å². The number of aromatic nitrogens is 1. The smallest absolute Gasteiger partial charge is 0.319 e. The molecule has 1 aromatic carbocycles. The van der Waals surface area contributed by atoms with Crippen LogP contribution in [-0.2, 0) is 11.8 Å². The number of rotatable bonds is 3. The van der Waals surface area contributed by atoms with E-state index in [0.717, 1.165) is 24.8 Å². The third-order valence-electron chi connectivity index (χ3n) is 3.85. The molecule has 22 heavy (non-hydrogen) atoms. The first-order chi connectivity index (χ1) is 10.6. The molecule has 1 fully saturated rings. The number of pyridine rings is 1. The molecular weight excluding hydrogens is 282 g/mol. The van der Waals surface area contributed by atoms with Gasteiger partial charge in [0, 0.05) is 37.2 Å². The highest BCUT2D eigenvalue weighted by atomic mass is 16.5. The molecule has 2 N–H and O–H groups in total. The minimum Gasteiger partial charge on any atom is -0.376 e. The van der Waals surface area contributed by atoms with Gasteiger partial charge in [0.05, 0.1) is 11.8 Å². The molecule has 0 spiro atoms. The highest BCUT2D eigenvalue weighted by Crippen LogP contribution is 2.19. The van der Waals surface area contributed by atoms with E-state index < -0.39 is 0 Å². The zero-order chi connectivity index (χ0) is 15.5. The minimum atomic E-state index is -0.292. The van der Waals surface area contributed by atoms with Gasteiger partial charge in [-0.25, -0.2) is 4.79 Å². The highest BCUT2D eigenvalue weighted by molar-refractivity contribution is 6.00. The molecule has 2 heterocycles. The lowest BCUT2D eigenvalue weighted by molar-refractivity contribution is 0.112. The standard InChI is InChI=1S/C16H19N3O3/c1-19-10-14(12-6-2-3-7-13(12)15(19)20)18-16(21)17-9-11-5-4-8-22-11/h2-3,6-7,10-11H,4-5,8-9H2,1H3,(H2,17,18,21). The van der Waals surface area contributed by atoms with Gasteiger partial charge in [-0.15, -0.1) is 0 Å². The summed E-state index contributed by atoms with van der Waals surface area (Å²) in [5.41, 5.74) is 0.531. The van der Waals surface area contributed by atoms with Crippen molar-refractivity contribution in [2.75, 3.05) is 18.5 Å². The lowest BCUT2D eigenvalue weighted by Gasteiger charge is -2.13. The average Bonchev–Trinajstić information content (AvgIpc) is 3.04. The van der Waals surface area contributed by atoms with Crippen molar-refractivity contribution in [3.63, 3.8) is 0 Å². The van der Waals surface area contributed by atoms with Crippen LogP contribution in [0.4, 0.5) is 10.5 Å². The van der Waals surface area contributed by atoms with Crippen LogP contribution in [0.2, 0.25) is 0 Å². The number of benzene rings is 1. The number of carbonyl (C=O) groups is 1. The quantitative estimate of drug-likeness (QED) is 0.908. The zero-order valence-electron chi connectivity index (χ0n) is 12.5. The number of hydrogen-bond donors (Lipinski definition) is 2. The molecule has 1 aliphatic heterocycles. The van der Waals surface area contributed by atoms with E-state index in [0.29, 0.717) is 17.6 Å². The van der Waals surface area contributed by atoms with E-state index in [9.17, 15) is 9.59 Å². The van der Waals surface area contributed by atoms with Crippen LogP contribution in [0.15, 0.2) is 35.3 Å². The summed E-state index contributed by atoms with van der Waals surface area (Å²) in [4.78, 5) is 24.1. The van der Waals surface area contributed by atoms with E-state index in [4.69, 9.17) is 4.74 Å². The zero-order valence-corrected chi connectivity index (χ0v) is 12.5. The number of urea groups is 1. The summed E-state index contributed by atoms with van der Waals surface area (Å²) in [5, 5.41) is 6.94. The predicted molar refractivity (Wildman–Crippen MR) is 85.2 cm³/mol. The number of nitrogens with one attached hydrogen (secondary N) is 2. The van der Waals surface area contributed by atoms with E-state index in [1.807, 2.05) is 18.2 Å². The van der Waals surface area contributed by atoms with Gasteiger partial charge < -0.3 is 19.9 Å². The second kappa shape index (κ2) is 6.19. The largest absolute Gasteiger partial charge is 0.376 e. The number of nitrogens with zero attached hydrogens (tertiary/aromatic N) is 1. The van der Waals surface area contributed by atoms with Gasteiger partial charge in [0.2, 0.25) is 0 Å². The van der Waals surface area contributed by atoms with Crippen LogP contribution < -0.4 is 16.2 Å². The summed E-state index contributed by atoms with van der Waals surface area (Å²) >= 11 is 0. The topological polar surface area (TPSA) is 72.4 Å². The highest BCUT2D eigenvalue weighted by Gasteiger charge is 2.16. The molecule has 6 heteroatoms. The first-order valence-corrected chi connectivity index (χ1v) is 7.40. The first-order valence-electron chi connectivity index (χ1n) is 7.40. The van der Waals surface area contributed by atoms with Gasteiger partial charge in [-0.2, -0.15) is 0 Å². The Bertz CT molecular complexity index is 748. The predicted octanol–water partition coefficient (Wildman–Crippen LogP) is 1.84. The van der Waals surface area contributed by atoms with Crippen LogP contribution in [0.1, 0.15) is 12.8 Å². The number of anilines is 1. The second-order valence-corrected chi connectivity index (χ2v) is 5.47. The van der Waals surface area contributed by atoms with Gasteiger partial charge in [-0.05, 0) is 18.9 Å². The monoisotopic (exact) mass is 301 g/mol. The minimum absolute atomic E-state index is 0.0825. The fraction of sp³-hybridized carbons (Fsp3) is 0.375. The number of fused-ring (bicyclic) bond motifs is 1. The molecule has 2 aromatic rings. The van der Waals surface area contributed by atoms with E-state index in [1.54, 1.807) is 19.3 Å². The second-order valence-electron chi connectivity index (χ2n) is 5.47. The molecule has 0 bridgehead atoms. The van der Waals surface area contributed by atoms with Gasteiger partial charge in [0.1, 0.15) is 0 Å². The summed E-state index contributed by atoms with van der Waals surface area (Å²) in [5.74, 6) is 0. The Kier molecular flexibility index (Phi) is 4.11. The maximum Gasteiger partial charge on any atom is 0.319 e. The number of hydrogen-bond acceptors (Lipinski definition) is 3. The Morgan fingerprint density at radius 1 is 1.36 bits per heavy atom. The van der Waals surface area contributed by atoms with E-state index >= 15 is 0 Å². The Labute approximate surface area is 128 Å². The summed E-state index contributed by atoms with van der Waals surface area (Å²) in [7, 11) is 1.67. The molecule has 1 atom stereocenters. The van der Waals surface area contributed by atoms with Crippen molar-refractivity contribution in [3.05, 3.63) is 40.8 Å². The summed E-state index contributed by atoms with van der Waals surface area (Å²) in [6, 6.07) is 6.95. The van der Waals surface area contributed by atoms with E-state index in [1.165, 1.54) is 4.57 Å². The van der Waals surface area contributed by atoms with Crippen LogP contribution >= 0.6 is 0 Å². The van der Waals surface area contributed by atoms with Gasteiger partial charge in [0.25, 0.3) is 5.56 Å². The lowest BCUT2D eigenvalue weighted by atomic mass is 10.1. The third-order valence-corrected chi connectivity index (χ3v) is 3.85. The van der Waals surface area contributed by atoms with Crippen molar-refractivity contribution in [3.8, 4) is 0 Å². The third kappa shape index (κ3) is 2.96. The molecule has 6 nitrogen and oxygen atoms in total. The van der Waals surface area contributed by atoms with Crippen molar-refractivity contribution in [1.82, 2.24) is 9.88 Å². The molecule has 0 aliphatic carbocycles. The Morgan fingerprint density at radius 2 is 2.14 bits per heavy atom. The molecule has 1 aromatic heterocycles. The van der Waals surface area contributed by atoms with Crippen LogP contribution in [0.3, 0.4) is 0 Å². The fourth-order valence-corrected chi connectivity index (χ4v) is 2.69. The first kappa shape index (κ1) is 14.6. The van der Waals surface area contributed by atoms with Gasteiger partial charge in [-0.3, -0.25) is 4.79 Å². The maximum atomic E-state index is 12.1. The molecular formula is C16H19N3O3. The maximum absolute atomic E-state index is 12.1. The summed E-state index contributed by atoms with van der Waals surface area (Å²) < 4.78 is 6.94. The van der Waals surface area contributed by atoms with E-state index in [2.05, 4.69) is 10.6 Å². The molecule has 1 saturated heterocycles. The summed E-state index contributed by atoms with van der Waals surface area (Å²) in [6.45, 7) is 1.26. The molecule has 1 unspecified atom stereocenters. The molecule has 0 saturated carbocycles. The van der Waals surface area contributed by atoms with Crippen molar-refractivity contribution >= 4 is 22.5 Å². The Morgan fingerprint density at radius 3 is 2.86 bits per heavy atom. The fourth-order valence-electron chi connectivity index (χ4n) is 2.69. The lowest BCUT2D eigenvalue weighted by Crippen LogP contribution is -2.35. The average molecular weight is 301 g/mol. The van der Waals surface area contributed by atoms with Crippen LogP contribution in [-0.4, -0.2) is 29.9 Å². The number of carbonyl (C=O) groups excluding carboxylic acids is 1. The van der Waals surface area contributed by atoms with Crippen molar-refractivity contribution in [1.29, 1.82) is 0 Å². The molecule has 1 aliphatic rings. The molecule has 0 radical (unpaired) electrons. The van der Waals surface area contributed by atoms with Gasteiger partial charge >= 0.3 is 6.03 Å². The van der Waals surface area contributed by atoms with Crippen LogP contribution in [0.5, 0.6) is 0 Å². The molecule has 116 valence electrons. The molecule has 3 rings (SSSR count). The number of ether oxygens (including phenoxy) is 1. The van der Waals surface area contributed by atoms with Crippen molar-refractivity contribution in [2.24, 2.45) is 7.05 Å².